The number of ether oxygens (including phenoxy) is 1. The van der Waals surface area contributed by atoms with Crippen LogP contribution in [-0.2, 0) is 20.7 Å². The first kappa shape index (κ1) is 28.8. The highest BCUT2D eigenvalue weighted by molar-refractivity contribution is 8.01. The fourth-order valence-electron chi connectivity index (χ4n) is 7.69. The van der Waals surface area contributed by atoms with Gasteiger partial charge in [0.05, 0.1) is 42.1 Å². The minimum absolute atomic E-state index is 0.0666. The van der Waals surface area contributed by atoms with Crippen LogP contribution in [0.3, 0.4) is 0 Å². The van der Waals surface area contributed by atoms with Crippen LogP contribution in [0.1, 0.15) is 43.2 Å². The van der Waals surface area contributed by atoms with Crippen molar-refractivity contribution in [3.63, 3.8) is 0 Å². The topological polar surface area (TPSA) is 101 Å². The summed E-state index contributed by atoms with van der Waals surface area (Å²) < 4.78 is 6.01. The molecule has 0 bridgehead atoms. The third-order valence-electron chi connectivity index (χ3n) is 10.1. The van der Waals surface area contributed by atoms with Crippen LogP contribution >= 0.6 is 11.8 Å². The molecule has 1 spiro atoms. The summed E-state index contributed by atoms with van der Waals surface area (Å²) in [7, 11) is 2.15. The number of likely N-dealkylation sites (N-methyl/N-ethyl adjacent to an activating group) is 1. The van der Waals surface area contributed by atoms with Gasteiger partial charge in [0.1, 0.15) is 0 Å². The molecule has 9 nitrogen and oxygen atoms in total. The Hall–Kier alpha value is -2.26. The van der Waals surface area contributed by atoms with E-state index in [1.165, 1.54) is 28.5 Å². The van der Waals surface area contributed by atoms with E-state index in [0.29, 0.717) is 32.3 Å². The van der Waals surface area contributed by atoms with Crippen molar-refractivity contribution in [1.82, 2.24) is 25.3 Å². The summed E-state index contributed by atoms with van der Waals surface area (Å²) in [5, 5.41) is 16.9. The van der Waals surface area contributed by atoms with E-state index in [1.54, 1.807) is 16.7 Å². The van der Waals surface area contributed by atoms with Crippen molar-refractivity contribution in [2.45, 2.75) is 85.7 Å². The number of carbonyl (C=O) groups is 2. The number of hydrogen-bond donors (Lipinski definition) is 2. The number of rotatable bonds is 6. The maximum absolute atomic E-state index is 14.5. The Bertz CT molecular complexity index is 1240. The molecule has 2 N–H and O–H groups in total. The zero-order chi connectivity index (χ0) is 28.7. The molecule has 1 aromatic rings. The Labute approximate surface area is 247 Å². The number of fused-ring (bicyclic) bond motifs is 2. The molecule has 3 saturated heterocycles. The number of piperazine rings is 1. The molecule has 6 rings (SSSR count). The molecule has 1 amide bonds. The molecule has 6 unspecified atom stereocenters. The van der Waals surface area contributed by atoms with Gasteiger partial charge in [-0.1, -0.05) is 18.7 Å². The summed E-state index contributed by atoms with van der Waals surface area (Å²) in [4.78, 5) is 34.7. The zero-order valence-corrected chi connectivity index (χ0v) is 25.0. The first-order valence-electron chi connectivity index (χ1n) is 15.0. The highest BCUT2D eigenvalue weighted by Gasteiger charge is 2.57. The van der Waals surface area contributed by atoms with E-state index in [1.807, 2.05) is 0 Å². The normalized spacial score (nSPS) is 35.7. The third-order valence-corrected chi connectivity index (χ3v) is 11.6. The van der Waals surface area contributed by atoms with E-state index < -0.39 is 11.1 Å². The van der Waals surface area contributed by atoms with Gasteiger partial charge in [0.15, 0.2) is 12.1 Å². The lowest BCUT2D eigenvalue weighted by Gasteiger charge is -2.54. The summed E-state index contributed by atoms with van der Waals surface area (Å²) in [5.41, 5.74) is 2.57. The number of nitriles is 1. The van der Waals surface area contributed by atoms with Gasteiger partial charge >= 0.3 is 0 Å². The quantitative estimate of drug-likeness (QED) is 0.493. The summed E-state index contributed by atoms with van der Waals surface area (Å²) in [6.45, 7) is 9.25. The van der Waals surface area contributed by atoms with Crippen molar-refractivity contribution in [3.05, 3.63) is 42.0 Å². The van der Waals surface area contributed by atoms with Gasteiger partial charge in [-0.2, -0.15) is 5.26 Å². The first-order valence-corrected chi connectivity index (χ1v) is 15.8. The highest BCUT2D eigenvalue weighted by atomic mass is 32.2. The largest absolute Gasteiger partial charge is 0.348 e. The number of thioether (sulfide) groups is 1. The van der Waals surface area contributed by atoms with Gasteiger partial charge in [0, 0.05) is 36.5 Å². The molecule has 1 aliphatic carbocycles. The van der Waals surface area contributed by atoms with E-state index in [2.05, 4.69) is 65.3 Å². The number of nitrogens with one attached hydrogen (secondary N) is 2. The summed E-state index contributed by atoms with van der Waals surface area (Å²) >= 11 is 1.76. The summed E-state index contributed by atoms with van der Waals surface area (Å²) in [5.74, 6) is 0.212. The van der Waals surface area contributed by atoms with E-state index in [9.17, 15) is 14.9 Å². The molecule has 220 valence electrons. The Kier molecular flexibility index (Phi) is 8.29. The maximum Gasteiger partial charge on any atom is 0.246 e. The SMILES string of the molecule is C=CC(=O)N1CCN(C2NC(OCC3CCCN3C)NC3C(=O)[C@]4(CCC32)Cc2c(C)cccc2S4)CC1CC#N. The molecule has 0 radical (unpaired) electrons. The van der Waals surface area contributed by atoms with Crippen LogP contribution in [0.25, 0.3) is 0 Å². The van der Waals surface area contributed by atoms with Crippen LogP contribution in [0, 0.1) is 24.2 Å². The van der Waals surface area contributed by atoms with Crippen molar-refractivity contribution in [3.8, 4) is 6.07 Å². The van der Waals surface area contributed by atoms with Crippen LogP contribution < -0.4 is 10.6 Å². The lowest BCUT2D eigenvalue weighted by molar-refractivity contribution is -0.144. The number of carbonyl (C=O) groups excluding carboxylic acids is 2. The molecule has 10 heteroatoms. The molecule has 0 aromatic heterocycles. The smallest absolute Gasteiger partial charge is 0.246 e. The lowest BCUT2D eigenvalue weighted by Crippen LogP contribution is -2.75. The molecule has 4 aliphatic heterocycles. The van der Waals surface area contributed by atoms with Gasteiger partial charge in [-0.15, -0.1) is 11.8 Å². The van der Waals surface area contributed by atoms with Gasteiger partial charge in [0.2, 0.25) is 5.91 Å². The zero-order valence-electron chi connectivity index (χ0n) is 24.2. The van der Waals surface area contributed by atoms with Gasteiger partial charge in [-0.3, -0.25) is 25.1 Å². The van der Waals surface area contributed by atoms with Gasteiger partial charge < -0.3 is 14.5 Å². The number of aryl methyl sites for hydroxylation is 1. The van der Waals surface area contributed by atoms with Gasteiger partial charge in [-0.05, 0) is 75.9 Å². The molecule has 1 aromatic carbocycles. The molecule has 4 heterocycles. The Balaban J connectivity index is 1.24. The first-order chi connectivity index (χ1) is 19.8. The minimum Gasteiger partial charge on any atom is -0.348 e. The van der Waals surface area contributed by atoms with E-state index >= 15 is 0 Å². The van der Waals surface area contributed by atoms with Crippen molar-refractivity contribution >= 4 is 23.5 Å². The average Bonchev–Trinajstić information content (AvgIpc) is 3.57. The predicted molar refractivity (Wildman–Crippen MR) is 158 cm³/mol. The van der Waals surface area contributed by atoms with E-state index in [4.69, 9.17) is 4.74 Å². The van der Waals surface area contributed by atoms with Crippen LogP contribution in [0.2, 0.25) is 0 Å². The predicted octanol–water partition coefficient (Wildman–Crippen LogP) is 2.26. The van der Waals surface area contributed by atoms with Crippen molar-refractivity contribution in [1.29, 1.82) is 5.26 Å². The fraction of sp³-hybridized carbons (Fsp3) is 0.645. The van der Waals surface area contributed by atoms with E-state index in [0.717, 1.165) is 32.2 Å². The number of likely N-dealkylation sites (tertiary alicyclic amines) is 1. The average molecular weight is 579 g/mol. The maximum atomic E-state index is 14.5. The van der Waals surface area contributed by atoms with Crippen LogP contribution in [0.4, 0.5) is 0 Å². The standard InChI is InChI=1S/C31H42N6O3S/c1-4-26(38)37-16-15-36(18-21(37)11-13-32)29-23-10-12-31(17-24-20(2)7-5-9-25(24)41-31)28(39)27(23)33-30(34-29)40-19-22-8-6-14-35(22)3/h4-5,7,9,21-23,27,29-30,33-34H,1,6,8,10-12,14-19H2,2-3H3/t21?,22?,23?,27?,29?,30?,31-/m0/s1. The number of ketones is 1. The lowest BCUT2D eigenvalue weighted by atomic mass is 9.72. The molecule has 41 heavy (non-hydrogen) atoms. The molecular formula is C31H42N6O3S. The summed E-state index contributed by atoms with van der Waals surface area (Å²) in [6, 6.07) is 8.49. The van der Waals surface area contributed by atoms with Crippen LogP contribution in [0.5, 0.6) is 0 Å². The number of amides is 1. The highest BCUT2D eigenvalue weighted by Crippen LogP contribution is 2.53. The second-order valence-corrected chi connectivity index (χ2v) is 13.8. The summed E-state index contributed by atoms with van der Waals surface area (Å²) in [6.07, 6.45) is 5.87. The molecular weight excluding hydrogens is 536 g/mol. The van der Waals surface area contributed by atoms with E-state index in [-0.39, 0.29) is 42.3 Å². The number of nitrogens with zero attached hydrogens (tertiary/aromatic N) is 4. The second kappa shape index (κ2) is 11.8. The second-order valence-electron chi connectivity index (χ2n) is 12.4. The van der Waals surface area contributed by atoms with Crippen molar-refractivity contribution < 1.29 is 14.3 Å². The number of hydrogen-bond acceptors (Lipinski definition) is 9. The molecule has 4 fully saturated rings. The van der Waals surface area contributed by atoms with Crippen molar-refractivity contribution in [2.75, 3.05) is 39.8 Å². The monoisotopic (exact) mass is 578 g/mol. The molecule has 7 atom stereocenters. The molecule has 5 aliphatic rings. The Morgan fingerprint density at radius 3 is 2.85 bits per heavy atom. The number of benzene rings is 1. The van der Waals surface area contributed by atoms with Crippen LogP contribution in [-0.4, -0.2) is 102 Å². The molecule has 1 saturated carbocycles. The third kappa shape index (κ3) is 5.37. The fourth-order valence-corrected chi connectivity index (χ4v) is 9.28. The van der Waals surface area contributed by atoms with Gasteiger partial charge in [0.25, 0.3) is 0 Å². The minimum atomic E-state index is -0.452. The number of Topliss-reactive ketones (excluding diaryl/α,β-unsaturated/α-hetero) is 1. The Morgan fingerprint density at radius 1 is 1.27 bits per heavy atom. The van der Waals surface area contributed by atoms with Crippen molar-refractivity contribution in [2.24, 2.45) is 5.92 Å². The Morgan fingerprint density at radius 2 is 2.12 bits per heavy atom. The van der Waals surface area contributed by atoms with Crippen LogP contribution in [0.15, 0.2) is 35.7 Å². The van der Waals surface area contributed by atoms with Gasteiger partial charge in [-0.25, -0.2) is 0 Å².